The van der Waals surface area contributed by atoms with Crippen molar-refractivity contribution in [2.24, 2.45) is 0 Å². The van der Waals surface area contributed by atoms with E-state index in [-0.39, 0.29) is 24.0 Å². The first-order valence-electron chi connectivity index (χ1n) is 8.19. The molecule has 0 bridgehead atoms. The van der Waals surface area contributed by atoms with Crippen molar-refractivity contribution in [3.8, 4) is 0 Å². The van der Waals surface area contributed by atoms with E-state index in [1.165, 1.54) is 11.8 Å². The third-order valence-electron chi connectivity index (χ3n) is 4.23. The summed E-state index contributed by atoms with van der Waals surface area (Å²) in [7, 11) is 0. The molecule has 1 aromatic rings. The molecule has 7 nitrogen and oxygen atoms in total. The van der Waals surface area contributed by atoms with Crippen molar-refractivity contribution >= 4 is 23.6 Å². The van der Waals surface area contributed by atoms with Gasteiger partial charge >= 0.3 is 12.0 Å². The number of carboxylic acid groups (broad SMARTS) is 1. The van der Waals surface area contributed by atoms with Gasteiger partial charge in [0, 0.05) is 23.3 Å². The maximum atomic E-state index is 12.7. The van der Waals surface area contributed by atoms with Gasteiger partial charge in [0.15, 0.2) is 0 Å². The Morgan fingerprint density at radius 2 is 1.92 bits per heavy atom. The number of anilines is 1. The number of hydrogen-bond donors (Lipinski definition) is 3. The van der Waals surface area contributed by atoms with Crippen molar-refractivity contribution in [1.29, 1.82) is 0 Å². The fraction of sp³-hybridized carbons (Fsp3) is 0.471. The Bertz CT molecular complexity index is 668. The largest absolute Gasteiger partial charge is 0.480 e. The molecule has 2 saturated carbocycles. The number of carbonyl (C=O) groups is 3. The highest BCUT2D eigenvalue weighted by Gasteiger charge is 2.38. The molecule has 2 aliphatic carbocycles. The van der Waals surface area contributed by atoms with Gasteiger partial charge in [-0.3, -0.25) is 4.79 Å². The second kappa shape index (κ2) is 6.51. The molecule has 2 aliphatic rings. The number of rotatable bonds is 6. The zero-order valence-electron chi connectivity index (χ0n) is 13.5. The normalized spacial score (nSPS) is 17.7. The molecule has 1 aromatic carbocycles. The molecule has 3 N–H and O–H groups in total. The van der Waals surface area contributed by atoms with Gasteiger partial charge in [-0.15, -0.1) is 0 Å². The Balaban J connectivity index is 1.72. The molecule has 128 valence electrons. The van der Waals surface area contributed by atoms with Gasteiger partial charge in [0.1, 0.15) is 6.04 Å². The van der Waals surface area contributed by atoms with Crippen molar-refractivity contribution in [1.82, 2.24) is 10.2 Å². The molecule has 0 aromatic heterocycles. The van der Waals surface area contributed by atoms with Gasteiger partial charge in [0.05, 0.1) is 0 Å². The lowest BCUT2D eigenvalue weighted by Crippen LogP contribution is -2.44. The summed E-state index contributed by atoms with van der Waals surface area (Å²) in [5, 5.41) is 14.7. The number of carboxylic acids is 1. The molecule has 2 fully saturated rings. The molecular weight excluding hydrogens is 310 g/mol. The summed E-state index contributed by atoms with van der Waals surface area (Å²) in [6.45, 7) is 1.52. The van der Waals surface area contributed by atoms with E-state index in [2.05, 4.69) is 10.6 Å². The van der Waals surface area contributed by atoms with Crippen LogP contribution in [0.2, 0.25) is 0 Å². The highest BCUT2D eigenvalue weighted by molar-refractivity contribution is 5.99. The summed E-state index contributed by atoms with van der Waals surface area (Å²) < 4.78 is 0. The van der Waals surface area contributed by atoms with Crippen LogP contribution in [0.3, 0.4) is 0 Å². The first kappa shape index (κ1) is 16.3. The van der Waals surface area contributed by atoms with Crippen molar-refractivity contribution in [3.63, 3.8) is 0 Å². The maximum Gasteiger partial charge on any atom is 0.326 e. The van der Waals surface area contributed by atoms with E-state index in [4.69, 9.17) is 0 Å². The molecule has 0 radical (unpaired) electrons. The van der Waals surface area contributed by atoms with Crippen LogP contribution in [0.1, 0.15) is 43.0 Å². The smallest absolute Gasteiger partial charge is 0.326 e. The third-order valence-corrected chi connectivity index (χ3v) is 4.23. The number of carbonyl (C=O) groups excluding carboxylic acids is 2. The number of nitrogens with zero attached hydrogens (tertiary/aromatic N) is 1. The summed E-state index contributed by atoms with van der Waals surface area (Å²) >= 11 is 0. The topological polar surface area (TPSA) is 98.7 Å². The lowest BCUT2D eigenvalue weighted by Gasteiger charge is -2.26. The minimum atomic E-state index is -1.02. The van der Waals surface area contributed by atoms with Crippen LogP contribution in [0, 0.1) is 0 Å². The van der Waals surface area contributed by atoms with Crippen LogP contribution in [0.15, 0.2) is 24.3 Å². The molecular formula is C17H21N3O4. The van der Waals surface area contributed by atoms with E-state index in [1.807, 2.05) is 0 Å². The van der Waals surface area contributed by atoms with Gasteiger partial charge in [-0.25, -0.2) is 9.59 Å². The molecule has 0 saturated heterocycles. The molecule has 24 heavy (non-hydrogen) atoms. The van der Waals surface area contributed by atoms with Crippen LogP contribution in [-0.4, -0.2) is 46.0 Å². The molecule has 3 rings (SSSR count). The molecule has 3 amide bonds. The first-order chi connectivity index (χ1) is 11.5. The van der Waals surface area contributed by atoms with Gasteiger partial charge in [0.25, 0.3) is 5.91 Å². The SMILES string of the molecule is CC(C(=O)O)N(C(=O)c1cccc(NC(=O)NC2CC2)c1)C1CC1. The number of amides is 3. The van der Waals surface area contributed by atoms with Crippen molar-refractivity contribution in [2.75, 3.05) is 5.32 Å². The van der Waals surface area contributed by atoms with Gasteiger partial charge in [-0.2, -0.15) is 0 Å². The van der Waals surface area contributed by atoms with Gasteiger partial charge in [-0.05, 0) is 50.8 Å². The highest BCUT2D eigenvalue weighted by atomic mass is 16.4. The zero-order valence-corrected chi connectivity index (χ0v) is 13.5. The summed E-state index contributed by atoms with van der Waals surface area (Å²) in [5.41, 5.74) is 0.886. The van der Waals surface area contributed by atoms with Crippen LogP contribution in [-0.2, 0) is 4.79 Å². The average molecular weight is 331 g/mol. The maximum absolute atomic E-state index is 12.7. The number of benzene rings is 1. The van der Waals surface area contributed by atoms with E-state index in [9.17, 15) is 19.5 Å². The Morgan fingerprint density at radius 3 is 2.50 bits per heavy atom. The number of urea groups is 1. The lowest BCUT2D eigenvalue weighted by atomic mass is 10.1. The minimum Gasteiger partial charge on any atom is -0.480 e. The number of aliphatic carboxylic acids is 1. The third kappa shape index (κ3) is 3.84. The van der Waals surface area contributed by atoms with E-state index in [0.29, 0.717) is 11.3 Å². The standard InChI is InChI=1S/C17H21N3O4/c1-10(16(22)23)20(14-7-8-14)15(21)11-3-2-4-13(9-11)19-17(24)18-12-5-6-12/h2-4,9-10,12,14H,5-8H2,1H3,(H,22,23)(H2,18,19,24). The molecule has 1 unspecified atom stereocenters. The summed E-state index contributed by atoms with van der Waals surface area (Å²) in [5.74, 6) is -1.34. The van der Waals surface area contributed by atoms with Crippen LogP contribution >= 0.6 is 0 Å². The van der Waals surface area contributed by atoms with E-state index >= 15 is 0 Å². The molecule has 0 heterocycles. The Morgan fingerprint density at radius 1 is 1.21 bits per heavy atom. The van der Waals surface area contributed by atoms with Crippen LogP contribution < -0.4 is 10.6 Å². The second-order valence-electron chi connectivity index (χ2n) is 6.41. The van der Waals surface area contributed by atoms with Crippen LogP contribution in [0.5, 0.6) is 0 Å². The second-order valence-corrected chi connectivity index (χ2v) is 6.41. The van der Waals surface area contributed by atoms with Crippen molar-refractivity contribution < 1.29 is 19.5 Å². The van der Waals surface area contributed by atoms with Crippen molar-refractivity contribution in [3.05, 3.63) is 29.8 Å². The zero-order chi connectivity index (χ0) is 17.3. The van der Waals surface area contributed by atoms with E-state index < -0.39 is 12.0 Å². The van der Waals surface area contributed by atoms with Crippen LogP contribution in [0.25, 0.3) is 0 Å². The van der Waals surface area contributed by atoms with E-state index in [1.54, 1.807) is 24.3 Å². The lowest BCUT2D eigenvalue weighted by molar-refractivity contribution is -0.141. The first-order valence-corrected chi connectivity index (χ1v) is 8.19. The van der Waals surface area contributed by atoms with E-state index in [0.717, 1.165) is 25.7 Å². The summed E-state index contributed by atoms with van der Waals surface area (Å²) in [6, 6.07) is 5.66. The molecule has 0 spiro atoms. The van der Waals surface area contributed by atoms with Crippen LogP contribution in [0.4, 0.5) is 10.5 Å². The fourth-order valence-electron chi connectivity index (χ4n) is 2.59. The Hall–Kier alpha value is -2.57. The van der Waals surface area contributed by atoms with Gasteiger partial charge in [-0.1, -0.05) is 6.07 Å². The number of hydrogen-bond acceptors (Lipinski definition) is 3. The highest BCUT2D eigenvalue weighted by Crippen LogP contribution is 2.30. The minimum absolute atomic E-state index is 0.0154. The monoisotopic (exact) mass is 331 g/mol. The predicted octanol–water partition coefficient (Wildman–Crippen LogP) is 2.05. The predicted molar refractivity (Wildman–Crippen MR) is 87.9 cm³/mol. The Kier molecular flexibility index (Phi) is 4.42. The molecule has 7 heteroatoms. The quantitative estimate of drug-likeness (QED) is 0.743. The van der Waals surface area contributed by atoms with Crippen molar-refractivity contribution in [2.45, 2.75) is 50.7 Å². The Labute approximate surface area is 140 Å². The average Bonchev–Trinajstić information content (AvgIpc) is 3.42. The van der Waals surface area contributed by atoms with Gasteiger partial charge in [0.2, 0.25) is 0 Å². The number of nitrogens with one attached hydrogen (secondary N) is 2. The van der Waals surface area contributed by atoms with Gasteiger partial charge < -0.3 is 20.6 Å². The molecule has 1 atom stereocenters. The summed E-state index contributed by atoms with van der Waals surface area (Å²) in [4.78, 5) is 37.2. The fourth-order valence-corrected chi connectivity index (χ4v) is 2.59. The molecule has 0 aliphatic heterocycles. The summed E-state index contributed by atoms with van der Waals surface area (Å²) in [6.07, 6.45) is 3.64.